The van der Waals surface area contributed by atoms with E-state index >= 15 is 0 Å². The SMILES string of the molecule is CCN(C)c1ccc(CN2CC[C@H](N)C2)cn1. The molecule has 1 aliphatic heterocycles. The molecule has 0 aromatic carbocycles. The van der Waals surface area contributed by atoms with Gasteiger partial charge in [0.15, 0.2) is 0 Å². The molecule has 2 rings (SSSR count). The minimum Gasteiger partial charge on any atom is -0.360 e. The number of anilines is 1. The third kappa shape index (κ3) is 3.17. The van der Waals surface area contributed by atoms with Crippen molar-refractivity contribution in [1.82, 2.24) is 9.88 Å². The molecule has 1 aliphatic rings. The summed E-state index contributed by atoms with van der Waals surface area (Å²) in [6.07, 6.45) is 3.09. The van der Waals surface area contributed by atoms with Crippen molar-refractivity contribution in [3.63, 3.8) is 0 Å². The van der Waals surface area contributed by atoms with Gasteiger partial charge in [-0.2, -0.15) is 0 Å². The lowest BCUT2D eigenvalue weighted by atomic mass is 10.2. The van der Waals surface area contributed by atoms with Crippen molar-refractivity contribution in [3.8, 4) is 0 Å². The van der Waals surface area contributed by atoms with E-state index in [2.05, 4.69) is 40.9 Å². The smallest absolute Gasteiger partial charge is 0.128 e. The highest BCUT2D eigenvalue weighted by molar-refractivity contribution is 5.37. The first-order chi connectivity index (χ1) is 8.19. The monoisotopic (exact) mass is 234 g/mol. The van der Waals surface area contributed by atoms with Crippen molar-refractivity contribution >= 4 is 5.82 Å². The number of likely N-dealkylation sites (tertiary alicyclic amines) is 1. The molecule has 0 spiro atoms. The van der Waals surface area contributed by atoms with E-state index in [0.717, 1.165) is 38.4 Å². The molecule has 17 heavy (non-hydrogen) atoms. The molecule has 1 aromatic heterocycles. The van der Waals surface area contributed by atoms with Crippen LogP contribution < -0.4 is 10.6 Å². The Hall–Kier alpha value is -1.13. The molecule has 2 N–H and O–H groups in total. The van der Waals surface area contributed by atoms with Crippen LogP contribution in [0.4, 0.5) is 5.82 Å². The zero-order chi connectivity index (χ0) is 12.3. The first-order valence-corrected chi connectivity index (χ1v) is 6.33. The summed E-state index contributed by atoms with van der Waals surface area (Å²) in [5, 5.41) is 0. The Labute approximate surface area is 103 Å². The summed E-state index contributed by atoms with van der Waals surface area (Å²) in [6, 6.07) is 4.61. The Bertz CT molecular complexity index is 349. The fourth-order valence-corrected chi connectivity index (χ4v) is 2.16. The zero-order valence-corrected chi connectivity index (χ0v) is 10.8. The Morgan fingerprint density at radius 2 is 2.35 bits per heavy atom. The molecule has 94 valence electrons. The molecule has 4 heteroatoms. The van der Waals surface area contributed by atoms with Gasteiger partial charge in [0.25, 0.3) is 0 Å². The van der Waals surface area contributed by atoms with Gasteiger partial charge in [-0.15, -0.1) is 0 Å². The number of aromatic nitrogens is 1. The largest absolute Gasteiger partial charge is 0.360 e. The van der Waals surface area contributed by atoms with Crippen molar-refractivity contribution < 1.29 is 0 Å². The highest BCUT2D eigenvalue weighted by Crippen LogP contribution is 2.14. The van der Waals surface area contributed by atoms with Crippen LogP contribution in [-0.2, 0) is 6.54 Å². The highest BCUT2D eigenvalue weighted by Gasteiger charge is 2.18. The van der Waals surface area contributed by atoms with E-state index in [9.17, 15) is 0 Å². The molecule has 0 bridgehead atoms. The molecule has 1 saturated heterocycles. The molecular formula is C13H22N4. The average molecular weight is 234 g/mol. The second-order valence-corrected chi connectivity index (χ2v) is 4.82. The van der Waals surface area contributed by atoms with Crippen LogP contribution >= 0.6 is 0 Å². The minimum atomic E-state index is 0.355. The maximum Gasteiger partial charge on any atom is 0.128 e. The molecule has 0 saturated carbocycles. The van der Waals surface area contributed by atoms with Crippen molar-refractivity contribution in [1.29, 1.82) is 0 Å². The summed E-state index contributed by atoms with van der Waals surface area (Å²) < 4.78 is 0. The third-order valence-electron chi connectivity index (χ3n) is 3.39. The first-order valence-electron chi connectivity index (χ1n) is 6.33. The standard InChI is InChI=1S/C13H22N4/c1-3-16(2)13-5-4-11(8-15-13)9-17-7-6-12(14)10-17/h4-5,8,12H,3,6-7,9-10,14H2,1-2H3/t12-/m0/s1. The summed E-state index contributed by atoms with van der Waals surface area (Å²) in [5.74, 6) is 1.04. The van der Waals surface area contributed by atoms with Gasteiger partial charge < -0.3 is 10.6 Å². The average Bonchev–Trinajstić information content (AvgIpc) is 2.75. The van der Waals surface area contributed by atoms with Gasteiger partial charge in [0.05, 0.1) is 0 Å². The van der Waals surface area contributed by atoms with Crippen LogP contribution in [0.5, 0.6) is 0 Å². The van der Waals surface area contributed by atoms with Gasteiger partial charge in [0, 0.05) is 45.5 Å². The van der Waals surface area contributed by atoms with Crippen molar-refractivity contribution in [2.24, 2.45) is 5.73 Å². The van der Waals surface area contributed by atoms with E-state index in [1.54, 1.807) is 0 Å². The van der Waals surface area contributed by atoms with Gasteiger partial charge in [-0.25, -0.2) is 4.98 Å². The van der Waals surface area contributed by atoms with Crippen LogP contribution in [0.1, 0.15) is 18.9 Å². The predicted molar refractivity (Wildman–Crippen MR) is 71.1 cm³/mol. The number of rotatable bonds is 4. The summed E-state index contributed by atoms with van der Waals surface area (Å²) in [4.78, 5) is 9.01. The molecule has 1 aromatic rings. The molecular weight excluding hydrogens is 212 g/mol. The summed E-state index contributed by atoms with van der Waals surface area (Å²) in [5.41, 5.74) is 7.17. The van der Waals surface area contributed by atoms with E-state index in [1.807, 2.05) is 6.20 Å². The highest BCUT2D eigenvalue weighted by atomic mass is 15.2. The Kier molecular flexibility index (Phi) is 3.97. The van der Waals surface area contributed by atoms with Crippen molar-refractivity contribution in [2.45, 2.75) is 25.9 Å². The Morgan fingerprint density at radius 1 is 1.53 bits per heavy atom. The molecule has 2 heterocycles. The van der Waals surface area contributed by atoms with Gasteiger partial charge in [-0.05, 0) is 25.0 Å². The molecule has 1 fully saturated rings. The summed E-state index contributed by atoms with van der Waals surface area (Å²) in [7, 11) is 2.06. The van der Waals surface area contributed by atoms with E-state index in [0.29, 0.717) is 6.04 Å². The lowest BCUT2D eigenvalue weighted by molar-refractivity contribution is 0.326. The minimum absolute atomic E-state index is 0.355. The summed E-state index contributed by atoms with van der Waals surface area (Å²) in [6.45, 7) is 6.19. The van der Waals surface area contributed by atoms with Crippen LogP contribution in [0, 0.1) is 0 Å². The lowest BCUT2D eigenvalue weighted by Crippen LogP contribution is -2.26. The third-order valence-corrected chi connectivity index (χ3v) is 3.39. The lowest BCUT2D eigenvalue weighted by Gasteiger charge is -2.17. The Balaban J connectivity index is 1.94. The topological polar surface area (TPSA) is 45.4 Å². The molecule has 0 radical (unpaired) electrons. The maximum absolute atomic E-state index is 5.90. The molecule has 0 amide bonds. The first kappa shape index (κ1) is 12.3. The normalized spacial score (nSPS) is 20.8. The molecule has 0 aliphatic carbocycles. The van der Waals surface area contributed by atoms with Gasteiger partial charge in [-0.3, -0.25) is 4.90 Å². The van der Waals surface area contributed by atoms with Gasteiger partial charge in [0.2, 0.25) is 0 Å². The Morgan fingerprint density at radius 3 is 2.88 bits per heavy atom. The number of nitrogens with two attached hydrogens (primary N) is 1. The molecule has 4 nitrogen and oxygen atoms in total. The molecule has 0 unspecified atom stereocenters. The van der Waals surface area contributed by atoms with Crippen molar-refractivity contribution in [3.05, 3.63) is 23.9 Å². The van der Waals surface area contributed by atoms with Gasteiger partial charge in [-0.1, -0.05) is 6.07 Å². The molecule has 1 atom stereocenters. The number of pyridine rings is 1. The van der Waals surface area contributed by atoms with E-state index in [1.165, 1.54) is 5.56 Å². The van der Waals surface area contributed by atoms with Crippen LogP contribution in [0.3, 0.4) is 0 Å². The second kappa shape index (κ2) is 5.47. The van der Waals surface area contributed by atoms with Crippen LogP contribution in [0.2, 0.25) is 0 Å². The van der Waals surface area contributed by atoms with E-state index in [-0.39, 0.29) is 0 Å². The predicted octanol–water partition coefficient (Wildman–Crippen LogP) is 1.07. The zero-order valence-electron chi connectivity index (χ0n) is 10.8. The van der Waals surface area contributed by atoms with Crippen LogP contribution in [-0.4, -0.2) is 42.6 Å². The van der Waals surface area contributed by atoms with Crippen LogP contribution in [0.25, 0.3) is 0 Å². The number of hydrogen-bond acceptors (Lipinski definition) is 4. The maximum atomic E-state index is 5.90. The van der Waals surface area contributed by atoms with E-state index in [4.69, 9.17) is 5.73 Å². The van der Waals surface area contributed by atoms with Crippen molar-refractivity contribution in [2.75, 3.05) is 31.6 Å². The van der Waals surface area contributed by atoms with Gasteiger partial charge >= 0.3 is 0 Å². The summed E-state index contributed by atoms with van der Waals surface area (Å²) >= 11 is 0. The quantitative estimate of drug-likeness (QED) is 0.846. The number of nitrogens with zero attached hydrogens (tertiary/aromatic N) is 3. The fraction of sp³-hybridized carbons (Fsp3) is 0.615. The number of hydrogen-bond donors (Lipinski definition) is 1. The second-order valence-electron chi connectivity index (χ2n) is 4.82. The van der Waals surface area contributed by atoms with Gasteiger partial charge in [0.1, 0.15) is 5.82 Å². The fourth-order valence-electron chi connectivity index (χ4n) is 2.16. The van der Waals surface area contributed by atoms with Crippen LogP contribution in [0.15, 0.2) is 18.3 Å². The van der Waals surface area contributed by atoms with E-state index < -0.39 is 0 Å².